The van der Waals surface area contributed by atoms with Crippen molar-refractivity contribution in [1.29, 1.82) is 0 Å². The number of hydrogen-bond donors (Lipinski definition) is 0. The molecule has 0 spiro atoms. The van der Waals surface area contributed by atoms with Gasteiger partial charge in [0.05, 0.1) is 0 Å². The Balaban J connectivity index is 1.82. The monoisotopic (exact) mass is 432 g/mol. The Morgan fingerprint density at radius 2 is 1.13 bits per heavy atom. The van der Waals surface area contributed by atoms with E-state index in [9.17, 15) is 0 Å². The van der Waals surface area contributed by atoms with Gasteiger partial charge in [0.2, 0.25) is 0 Å². The number of thiocarbonyl (C=S) groups is 1. The van der Waals surface area contributed by atoms with Crippen LogP contribution in [0.3, 0.4) is 0 Å². The molecular formula is C28H48OS. The van der Waals surface area contributed by atoms with Crippen molar-refractivity contribution in [3.8, 4) is 0 Å². The Kier molecular flexibility index (Phi) is 18.1. The molecule has 1 aromatic rings. The molecule has 2 heteroatoms. The van der Waals surface area contributed by atoms with Crippen LogP contribution in [-0.4, -0.2) is 5.05 Å². The SMILES string of the molecule is CCCCCCCCCCCCCCCCCCC(C)C(=S)OCc1ccccc1. The third-order valence-electron chi connectivity index (χ3n) is 6.12. The molecule has 0 aromatic heterocycles. The minimum atomic E-state index is 0.385. The summed E-state index contributed by atoms with van der Waals surface area (Å²) in [6.45, 7) is 5.10. The topological polar surface area (TPSA) is 9.23 Å². The van der Waals surface area contributed by atoms with Gasteiger partial charge < -0.3 is 4.74 Å². The Morgan fingerprint density at radius 3 is 1.60 bits per heavy atom. The van der Waals surface area contributed by atoms with Crippen LogP contribution in [0.25, 0.3) is 0 Å². The van der Waals surface area contributed by atoms with E-state index in [2.05, 4.69) is 26.0 Å². The summed E-state index contributed by atoms with van der Waals surface area (Å²) in [5.74, 6) is 0.385. The molecule has 172 valence electrons. The van der Waals surface area contributed by atoms with Crippen molar-refractivity contribution in [3.63, 3.8) is 0 Å². The predicted octanol–water partition coefficient (Wildman–Crippen LogP) is 9.82. The van der Waals surface area contributed by atoms with Crippen LogP contribution in [0.5, 0.6) is 0 Å². The molecule has 0 fully saturated rings. The smallest absolute Gasteiger partial charge is 0.162 e. The molecule has 0 aliphatic carbocycles. The third kappa shape index (κ3) is 15.9. The van der Waals surface area contributed by atoms with Gasteiger partial charge in [-0.1, -0.05) is 147 Å². The van der Waals surface area contributed by atoms with Crippen molar-refractivity contribution >= 4 is 17.3 Å². The lowest BCUT2D eigenvalue weighted by Crippen LogP contribution is -2.12. The Labute approximate surface area is 193 Å². The van der Waals surface area contributed by atoms with Crippen LogP contribution in [-0.2, 0) is 11.3 Å². The number of hydrogen-bond acceptors (Lipinski definition) is 2. The van der Waals surface area contributed by atoms with E-state index in [1.807, 2.05) is 18.2 Å². The van der Waals surface area contributed by atoms with Gasteiger partial charge in [0.15, 0.2) is 5.05 Å². The third-order valence-corrected chi connectivity index (χ3v) is 6.64. The molecule has 30 heavy (non-hydrogen) atoms. The number of benzene rings is 1. The molecule has 0 aliphatic heterocycles. The zero-order chi connectivity index (χ0) is 21.7. The molecule has 1 nitrogen and oxygen atoms in total. The Hall–Kier alpha value is -0.890. The van der Waals surface area contributed by atoms with E-state index in [0.29, 0.717) is 12.5 Å². The van der Waals surface area contributed by atoms with Crippen molar-refractivity contribution < 1.29 is 4.74 Å². The van der Waals surface area contributed by atoms with Gasteiger partial charge in [-0.05, 0) is 24.2 Å². The van der Waals surface area contributed by atoms with Gasteiger partial charge in [-0.15, -0.1) is 0 Å². The lowest BCUT2D eigenvalue weighted by atomic mass is 10.0. The fourth-order valence-corrected chi connectivity index (χ4v) is 4.16. The van der Waals surface area contributed by atoms with E-state index in [1.54, 1.807) is 0 Å². The minimum Gasteiger partial charge on any atom is -0.482 e. The zero-order valence-electron chi connectivity index (χ0n) is 20.0. The summed E-state index contributed by atoms with van der Waals surface area (Å²) in [6.07, 6.45) is 23.8. The molecule has 0 radical (unpaired) electrons. The molecule has 0 bridgehead atoms. The standard InChI is InChI=1S/C28H48OS/c1-3-4-5-6-7-8-9-10-11-12-13-14-15-16-17-19-22-26(2)28(30)29-25-27-23-20-18-21-24-27/h18,20-21,23-24,26H,3-17,19,22,25H2,1-2H3. The highest BCUT2D eigenvalue weighted by Crippen LogP contribution is 2.17. The zero-order valence-corrected chi connectivity index (χ0v) is 20.8. The van der Waals surface area contributed by atoms with Crippen molar-refractivity contribution in [2.45, 2.75) is 130 Å². The summed E-state index contributed by atoms with van der Waals surface area (Å²) in [5, 5.41) is 0.778. The van der Waals surface area contributed by atoms with Crippen LogP contribution in [0.15, 0.2) is 30.3 Å². The molecule has 1 unspecified atom stereocenters. The molecule has 0 saturated heterocycles. The highest BCUT2D eigenvalue weighted by molar-refractivity contribution is 7.80. The molecular weight excluding hydrogens is 384 g/mol. The summed E-state index contributed by atoms with van der Waals surface area (Å²) in [5.41, 5.74) is 1.19. The molecule has 0 saturated carbocycles. The predicted molar refractivity (Wildman–Crippen MR) is 137 cm³/mol. The number of ether oxygens (including phenoxy) is 1. The molecule has 0 N–H and O–H groups in total. The number of rotatable bonds is 20. The van der Waals surface area contributed by atoms with E-state index in [4.69, 9.17) is 17.0 Å². The van der Waals surface area contributed by atoms with Gasteiger partial charge in [0, 0.05) is 5.92 Å². The average molecular weight is 433 g/mol. The molecule has 1 aromatic carbocycles. The lowest BCUT2D eigenvalue weighted by Gasteiger charge is -2.14. The summed E-state index contributed by atoms with van der Waals surface area (Å²) in [6, 6.07) is 10.3. The van der Waals surface area contributed by atoms with Crippen molar-refractivity contribution in [3.05, 3.63) is 35.9 Å². The molecule has 0 heterocycles. The van der Waals surface area contributed by atoms with Crippen LogP contribution in [0, 0.1) is 5.92 Å². The molecule has 1 atom stereocenters. The van der Waals surface area contributed by atoms with Crippen LogP contribution >= 0.6 is 12.2 Å². The molecule has 0 amide bonds. The normalized spacial score (nSPS) is 12.1. The quantitative estimate of drug-likeness (QED) is 0.150. The molecule has 0 aliphatic rings. The van der Waals surface area contributed by atoms with Crippen molar-refractivity contribution in [1.82, 2.24) is 0 Å². The first-order chi connectivity index (χ1) is 14.7. The van der Waals surface area contributed by atoms with Crippen molar-refractivity contribution in [2.75, 3.05) is 0 Å². The second-order valence-corrected chi connectivity index (χ2v) is 9.49. The van der Waals surface area contributed by atoms with Gasteiger partial charge in [-0.25, -0.2) is 0 Å². The highest BCUT2D eigenvalue weighted by atomic mass is 32.1. The van der Waals surface area contributed by atoms with Gasteiger partial charge >= 0.3 is 0 Å². The summed E-state index contributed by atoms with van der Waals surface area (Å²) >= 11 is 5.46. The summed E-state index contributed by atoms with van der Waals surface area (Å²) < 4.78 is 5.80. The van der Waals surface area contributed by atoms with Crippen LogP contribution < -0.4 is 0 Å². The average Bonchev–Trinajstić information content (AvgIpc) is 2.77. The largest absolute Gasteiger partial charge is 0.482 e. The van der Waals surface area contributed by atoms with Gasteiger partial charge in [-0.3, -0.25) is 0 Å². The van der Waals surface area contributed by atoms with Gasteiger partial charge in [-0.2, -0.15) is 0 Å². The van der Waals surface area contributed by atoms with E-state index in [1.165, 1.54) is 108 Å². The van der Waals surface area contributed by atoms with Crippen LogP contribution in [0.2, 0.25) is 0 Å². The minimum absolute atomic E-state index is 0.385. The second kappa shape index (κ2) is 20.0. The maximum Gasteiger partial charge on any atom is 0.162 e. The summed E-state index contributed by atoms with van der Waals surface area (Å²) in [4.78, 5) is 0. The van der Waals surface area contributed by atoms with E-state index in [-0.39, 0.29) is 0 Å². The van der Waals surface area contributed by atoms with E-state index < -0.39 is 0 Å². The van der Waals surface area contributed by atoms with Crippen LogP contribution in [0.4, 0.5) is 0 Å². The van der Waals surface area contributed by atoms with Crippen molar-refractivity contribution in [2.24, 2.45) is 5.92 Å². The maximum atomic E-state index is 5.80. The first kappa shape index (κ1) is 27.1. The van der Waals surface area contributed by atoms with E-state index in [0.717, 1.165) is 11.5 Å². The highest BCUT2D eigenvalue weighted by Gasteiger charge is 2.10. The Bertz CT molecular complexity index is 499. The van der Waals surface area contributed by atoms with Crippen LogP contribution in [0.1, 0.15) is 129 Å². The fraction of sp³-hybridized carbons (Fsp3) is 0.750. The number of unbranched alkanes of at least 4 members (excludes halogenated alkanes) is 15. The lowest BCUT2D eigenvalue weighted by molar-refractivity contribution is 0.277. The van der Waals surface area contributed by atoms with Gasteiger partial charge in [0.1, 0.15) is 6.61 Å². The molecule has 1 rings (SSSR count). The van der Waals surface area contributed by atoms with E-state index >= 15 is 0 Å². The first-order valence-corrected chi connectivity index (χ1v) is 13.4. The summed E-state index contributed by atoms with van der Waals surface area (Å²) in [7, 11) is 0. The fourth-order valence-electron chi connectivity index (χ4n) is 3.99. The second-order valence-electron chi connectivity index (χ2n) is 9.09. The van der Waals surface area contributed by atoms with Gasteiger partial charge in [0.25, 0.3) is 0 Å². The maximum absolute atomic E-state index is 5.80. The Morgan fingerprint density at radius 1 is 0.700 bits per heavy atom. The first-order valence-electron chi connectivity index (χ1n) is 12.9.